The van der Waals surface area contributed by atoms with E-state index in [0.717, 1.165) is 28.3 Å². The maximum absolute atomic E-state index is 12.8. The molecule has 2 aliphatic rings. The third-order valence-corrected chi connectivity index (χ3v) is 6.49. The van der Waals surface area contributed by atoms with Crippen LogP contribution in [-0.4, -0.2) is 29.3 Å². The number of hydrogen-bond acceptors (Lipinski definition) is 3. The van der Waals surface area contributed by atoms with Crippen LogP contribution < -0.4 is 5.32 Å². The molecule has 2 aromatic rings. The maximum Gasteiger partial charge on any atom is 0.229 e. The van der Waals surface area contributed by atoms with Gasteiger partial charge in [-0.05, 0) is 37.1 Å². The first-order valence-electron chi connectivity index (χ1n) is 9.63. The zero-order chi connectivity index (χ0) is 18.6. The standard InChI is InChI=1S/C22H24N2O2S/c25-21-14-16(15-24(21)17-8-4-5-9-17)22(26)23-19-12-6-7-13-20(19)27-18-10-2-1-3-11-18/h1-3,6-7,10-13,16-17H,4-5,8-9,14-15H2,(H,23,26)/t16-/m0/s1. The van der Waals surface area contributed by atoms with E-state index in [1.165, 1.54) is 12.8 Å². The lowest BCUT2D eigenvalue weighted by atomic mass is 10.1. The van der Waals surface area contributed by atoms with E-state index in [1.807, 2.05) is 47.4 Å². The minimum absolute atomic E-state index is 0.0510. The van der Waals surface area contributed by atoms with Crippen LogP contribution in [0.15, 0.2) is 64.4 Å². The van der Waals surface area contributed by atoms with E-state index in [2.05, 4.69) is 17.4 Å². The molecule has 0 radical (unpaired) electrons. The molecule has 1 heterocycles. The molecule has 2 fully saturated rings. The highest BCUT2D eigenvalue weighted by Gasteiger charge is 2.38. The van der Waals surface area contributed by atoms with E-state index in [1.54, 1.807) is 11.8 Å². The summed E-state index contributed by atoms with van der Waals surface area (Å²) >= 11 is 1.63. The summed E-state index contributed by atoms with van der Waals surface area (Å²) in [5.74, 6) is -0.174. The Bertz CT molecular complexity index is 818. The normalized spacial score (nSPS) is 20.2. The fourth-order valence-corrected chi connectivity index (χ4v) is 4.91. The number of hydrogen-bond donors (Lipinski definition) is 1. The van der Waals surface area contributed by atoms with Gasteiger partial charge in [0.2, 0.25) is 11.8 Å². The second kappa shape index (κ2) is 8.17. The Balaban J connectivity index is 1.43. The number of nitrogens with zero attached hydrogens (tertiary/aromatic N) is 1. The molecule has 0 spiro atoms. The van der Waals surface area contributed by atoms with Gasteiger partial charge in [0.15, 0.2) is 0 Å². The van der Waals surface area contributed by atoms with Gasteiger partial charge in [0, 0.05) is 28.8 Å². The van der Waals surface area contributed by atoms with Crippen molar-refractivity contribution in [2.45, 2.75) is 47.9 Å². The van der Waals surface area contributed by atoms with Crippen LogP contribution >= 0.6 is 11.8 Å². The first kappa shape index (κ1) is 18.1. The summed E-state index contributed by atoms with van der Waals surface area (Å²) in [7, 11) is 0. The van der Waals surface area contributed by atoms with E-state index in [-0.39, 0.29) is 17.7 Å². The van der Waals surface area contributed by atoms with Gasteiger partial charge >= 0.3 is 0 Å². The van der Waals surface area contributed by atoms with Gasteiger partial charge in [0.25, 0.3) is 0 Å². The summed E-state index contributed by atoms with van der Waals surface area (Å²) in [6.07, 6.45) is 4.87. The summed E-state index contributed by atoms with van der Waals surface area (Å²) in [4.78, 5) is 29.3. The Morgan fingerprint density at radius 1 is 1.00 bits per heavy atom. The number of rotatable bonds is 5. The van der Waals surface area contributed by atoms with Crippen LogP contribution in [0.5, 0.6) is 0 Å². The number of carbonyl (C=O) groups is 2. The molecule has 2 aromatic carbocycles. The molecule has 4 rings (SSSR count). The van der Waals surface area contributed by atoms with Crippen molar-refractivity contribution in [3.8, 4) is 0 Å². The van der Waals surface area contributed by atoms with Crippen LogP contribution in [-0.2, 0) is 9.59 Å². The van der Waals surface area contributed by atoms with E-state index >= 15 is 0 Å². The van der Waals surface area contributed by atoms with Gasteiger partial charge < -0.3 is 10.2 Å². The lowest BCUT2D eigenvalue weighted by Gasteiger charge is -2.24. The third kappa shape index (κ3) is 4.19. The second-order valence-electron chi connectivity index (χ2n) is 7.29. The van der Waals surface area contributed by atoms with Crippen molar-refractivity contribution in [1.82, 2.24) is 4.90 Å². The highest BCUT2D eigenvalue weighted by molar-refractivity contribution is 7.99. The van der Waals surface area contributed by atoms with Crippen molar-refractivity contribution in [3.63, 3.8) is 0 Å². The number of amides is 2. The first-order chi connectivity index (χ1) is 13.2. The Labute approximate surface area is 164 Å². The smallest absolute Gasteiger partial charge is 0.229 e. The van der Waals surface area contributed by atoms with Gasteiger partial charge in [-0.2, -0.15) is 0 Å². The van der Waals surface area contributed by atoms with Crippen molar-refractivity contribution in [3.05, 3.63) is 54.6 Å². The van der Waals surface area contributed by atoms with Crippen molar-refractivity contribution in [2.75, 3.05) is 11.9 Å². The summed E-state index contributed by atoms with van der Waals surface area (Å²) < 4.78 is 0. The third-order valence-electron chi connectivity index (χ3n) is 5.41. The number of carbonyl (C=O) groups excluding carboxylic acids is 2. The quantitative estimate of drug-likeness (QED) is 0.827. The van der Waals surface area contributed by atoms with Crippen LogP contribution in [0, 0.1) is 5.92 Å². The Morgan fingerprint density at radius 2 is 1.70 bits per heavy atom. The van der Waals surface area contributed by atoms with Crippen LogP contribution in [0.1, 0.15) is 32.1 Å². The van der Waals surface area contributed by atoms with E-state index in [4.69, 9.17) is 0 Å². The summed E-state index contributed by atoms with van der Waals surface area (Å²) in [6.45, 7) is 0.559. The van der Waals surface area contributed by atoms with Crippen molar-refractivity contribution in [1.29, 1.82) is 0 Å². The van der Waals surface area contributed by atoms with Gasteiger partial charge in [0.1, 0.15) is 0 Å². The van der Waals surface area contributed by atoms with E-state index in [0.29, 0.717) is 19.0 Å². The minimum Gasteiger partial charge on any atom is -0.339 e. The van der Waals surface area contributed by atoms with Gasteiger partial charge in [-0.25, -0.2) is 0 Å². The lowest BCUT2D eigenvalue weighted by Crippen LogP contribution is -2.35. The summed E-state index contributed by atoms with van der Waals surface area (Å²) in [5.41, 5.74) is 0.808. The van der Waals surface area contributed by atoms with Crippen molar-refractivity contribution < 1.29 is 9.59 Å². The fraction of sp³-hybridized carbons (Fsp3) is 0.364. The fourth-order valence-electron chi connectivity index (χ4n) is 3.99. The predicted octanol–water partition coefficient (Wildman–Crippen LogP) is 4.57. The topological polar surface area (TPSA) is 49.4 Å². The number of nitrogens with one attached hydrogen (secondary N) is 1. The van der Waals surface area contributed by atoms with Crippen molar-refractivity contribution >= 4 is 29.3 Å². The average molecular weight is 381 g/mol. The summed E-state index contributed by atoms with van der Waals surface area (Å²) in [6, 6.07) is 18.3. The van der Waals surface area contributed by atoms with Gasteiger partial charge in [-0.1, -0.05) is 54.9 Å². The monoisotopic (exact) mass is 380 g/mol. The summed E-state index contributed by atoms with van der Waals surface area (Å²) in [5, 5.41) is 3.07. The highest BCUT2D eigenvalue weighted by atomic mass is 32.2. The molecule has 1 aliphatic carbocycles. The Hall–Kier alpha value is -2.27. The van der Waals surface area contributed by atoms with Crippen LogP contribution in [0.25, 0.3) is 0 Å². The molecule has 2 amide bonds. The van der Waals surface area contributed by atoms with Crippen LogP contribution in [0.3, 0.4) is 0 Å². The maximum atomic E-state index is 12.8. The van der Waals surface area contributed by atoms with Gasteiger partial charge in [-0.15, -0.1) is 0 Å². The molecule has 0 unspecified atom stereocenters. The molecular formula is C22H24N2O2S. The number of likely N-dealkylation sites (tertiary alicyclic amines) is 1. The Kier molecular flexibility index (Phi) is 5.48. The number of benzene rings is 2. The molecule has 0 bridgehead atoms. The zero-order valence-corrected chi connectivity index (χ0v) is 16.1. The van der Waals surface area contributed by atoms with Crippen LogP contribution in [0.2, 0.25) is 0 Å². The molecule has 1 N–H and O–H groups in total. The number of para-hydroxylation sites is 1. The predicted molar refractivity (Wildman–Crippen MR) is 108 cm³/mol. The van der Waals surface area contributed by atoms with Gasteiger partial charge in [0.05, 0.1) is 11.6 Å². The molecule has 1 saturated heterocycles. The van der Waals surface area contributed by atoms with E-state index in [9.17, 15) is 9.59 Å². The van der Waals surface area contributed by atoms with Crippen LogP contribution in [0.4, 0.5) is 5.69 Å². The Morgan fingerprint density at radius 3 is 2.48 bits per heavy atom. The molecule has 4 nitrogen and oxygen atoms in total. The SMILES string of the molecule is O=C(Nc1ccccc1Sc1ccccc1)[C@H]1CC(=O)N(C2CCCC2)C1. The molecule has 5 heteroatoms. The second-order valence-corrected chi connectivity index (χ2v) is 8.40. The highest BCUT2D eigenvalue weighted by Crippen LogP contribution is 2.34. The lowest BCUT2D eigenvalue weighted by molar-refractivity contribution is -0.129. The van der Waals surface area contributed by atoms with E-state index < -0.39 is 0 Å². The molecule has 0 aromatic heterocycles. The number of anilines is 1. The van der Waals surface area contributed by atoms with Gasteiger partial charge in [-0.3, -0.25) is 9.59 Å². The first-order valence-corrected chi connectivity index (χ1v) is 10.4. The zero-order valence-electron chi connectivity index (χ0n) is 15.3. The molecule has 27 heavy (non-hydrogen) atoms. The largest absolute Gasteiger partial charge is 0.339 e. The molecule has 1 atom stereocenters. The average Bonchev–Trinajstić information content (AvgIpc) is 3.33. The minimum atomic E-state index is -0.257. The molecule has 1 aliphatic heterocycles. The molecular weight excluding hydrogens is 356 g/mol. The molecule has 140 valence electrons. The van der Waals surface area contributed by atoms with Crippen molar-refractivity contribution in [2.24, 2.45) is 5.92 Å². The molecule has 1 saturated carbocycles.